The van der Waals surface area contributed by atoms with Crippen LogP contribution in [-0.2, 0) is 20.7 Å². The highest BCUT2D eigenvalue weighted by Gasteiger charge is 2.32. The number of rotatable bonds is 7. The molecule has 4 nitrogen and oxygen atoms in total. The van der Waals surface area contributed by atoms with Crippen LogP contribution < -0.4 is 0 Å². The summed E-state index contributed by atoms with van der Waals surface area (Å²) in [6.45, 7) is 1.52. The molecule has 0 radical (unpaired) electrons. The highest BCUT2D eigenvalue weighted by molar-refractivity contribution is 7.98. The van der Waals surface area contributed by atoms with Crippen LogP contribution in [0.2, 0.25) is 0 Å². The molecule has 0 spiro atoms. The Morgan fingerprint density at radius 2 is 2.04 bits per heavy atom. The Morgan fingerprint density at radius 3 is 2.65 bits per heavy atom. The Labute approximate surface area is 148 Å². The fraction of sp³-hybridized carbons (Fsp3) is 0.529. The van der Waals surface area contributed by atoms with Crippen molar-refractivity contribution in [2.75, 3.05) is 26.5 Å². The van der Waals surface area contributed by atoms with Gasteiger partial charge >= 0.3 is 5.97 Å². The number of carbonyl (C=O) groups excluding carboxylic acids is 2. The number of methoxy groups -OCH3 is 1. The lowest BCUT2D eigenvalue weighted by Gasteiger charge is -2.16. The molecule has 1 amide bonds. The third-order valence-corrected chi connectivity index (χ3v) is 4.85. The van der Waals surface area contributed by atoms with Gasteiger partial charge < -0.3 is 9.64 Å². The predicted molar refractivity (Wildman–Crippen MR) is 95.1 cm³/mol. The first-order chi connectivity index (χ1) is 10.6. The number of ether oxygens (including phenoxy) is 1. The summed E-state index contributed by atoms with van der Waals surface area (Å²) in [6, 6.07) is 8.57. The molecule has 1 aliphatic heterocycles. The summed E-state index contributed by atoms with van der Waals surface area (Å²) in [6.07, 6.45) is 4.96. The first-order valence-corrected chi connectivity index (χ1v) is 8.85. The van der Waals surface area contributed by atoms with E-state index in [1.54, 1.807) is 11.8 Å². The standard InChI is InChI=1S/C17H23NO3S.ClH/c1-21-16(19)12-14-9-11-18(17(14)20)10-3-4-13-5-7-15(22-2)8-6-13;/h5-8,14H,3-4,9-12H2,1-2H3;1H. The van der Waals surface area contributed by atoms with Crippen LogP contribution in [0.1, 0.15) is 24.8 Å². The highest BCUT2D eigenvalue weighted by Crippen LogP contribution is 2.22. The molecule has 1 atom stereocenters. The third kappa shape index (κ3) is 5.74. The molecule has 23 heavy (non-hydrogen) atoms. The second-order valence-corrected chi connectivity index (χ2v) is 6.42. The Morgan fingerprint density at radius 1 is 1.35 bits per heavy atom. The Kier molecular flexibility index (Phi) is 8.48. The molecule has 128 valence electrons. The third-order valence-electron chi connectivity index (χ3n) is 4.10. The van der Waals surface area contributed by atoms with Crippen molar-refractivity contribution in [3.8, 4) is 0 Å². The molecular weight excluding hydrogens is 334 g/mol. The van der Waals surface area contributed by atoms with Crippen molar-refractivity contribution >= 4 is 36.0 Å². The quantitative estimate of drug-likeness (QED) is 0.555. The summed E-state index contributed by atoms with van der Waals surface area (Å²) >= 11 is 1.74. The Bertz CT molecular complexity index is 521. The lowest BCUT2D eigenvalue weighted by atomic mass is 10.0. The van der Waals surface area contributed by atoms with Crippen molar-refractivity contribution in [2.45, 2.75) is 30.6 Å². The number of aryl methyl sites for hydroxylation is 1. The van der Waals surface area contributed by atoms with Gasteiger partial charge in [0.05, 0.1) is 19.4 Å². The van der Waals surface area contributed by atoms with Gasteiger partial charge in [0.2, 0.25) is 5.91 Å². The van der Waals surface area contributed by atoms with Crippen LogP contribution in [0.5, 0.6) is 0 Å². The van der Waals surface area contributed by atoms with Gasteiger partial charge in [0, 0.05) is 18.0 Å². The summed E-state index contributed by atoms with van der Waals surface area (Å²) in [7, 11) is 1.36. The number of halogens is 1. The van der Waals surface area contributed by atoms with E-state index in [1.165, 1.54) is 17.6 Å². The predicted octanol–water partition coefficient (Wildman–Crippen LogP) is 3.17. The monoisotopic (exact) mass is 357 g/mol. The maximum Gasteiger partial charge on any atom is 0.306 e. The molecule has 0 saturated carbocycles. The molecule has 0 aliphatic carbocycles. The van der Waals surface area contributed by atoms with Gasteiger partial charge in [-0.1, -0.05) is 12.1 Å². The largest absolute Gasteiger partial charge is 0.469 e. The number of thioether (sulfide) groups is 1. The molecule has 1 aromatic rings. The molecule has 1 heterocycles. The Hall–Kier alpha value is -1.20. The molecule has 6 heteroatoms. The zero-order valence-corrected chi connectivity index (χ0v) is 15.3. The van der Waals surface area contributed by atoms with E-state index in [9.17, 15) is 9.59 Å². The summed E-state index contributed by atoms with van der Waals surface area (Å²) in [5.74, 6) is -0.384. The topological polar surface area (TPSA) is 46.6 Å². The molecule has 1 aromatic carbocycles. The lowest BCUT2D eigenvalue weighted by molar-refractivity contribution is -0.144. The van der Waals surface area contributed by atoms with Crippen LogP contribution in [0.4, 0.5) is 0 Å². The number of benzene rings is 1. The van der Waals surface area contributed by atoms with E-state index in [1.807, 2.05) is 4.90 Å². The molecule has 0 N–H and O–H groups in total. The van der Waals surface area contributed by atoms with Crippen molar-refractivity contribution < 1.29 is 14.3 Å². The number of nitrogens with zero attached hydrogens (tertiary/aromatic N) is 1. The number of carbonyl (C=O) groups is 2. The van der Waals surface area contributed by atoms with Gasteiger partial charge in [-0.25, -0.2) is 0 Å². The minimum absolute atomic E-state index is 0. The van der Waals surface area contributed by atoms with Gasteiger partial charge in [-0.2, -0.15) is 0 Å². The van der Waals surface area contributed by atoms with Crippen molar-refractivity contribution in [1.82, 2.24) is 4.90 Å². The van der Waals surface area contributed by atoms with Gasteiger partial charge in [-0.3, -0.25) is 9.59 Å². The van der Waals surface area contributed by atoms with E-state index in [2.05, 4.69) is 35.3 Å². The van der Waals surface area contributed by atoms with Gasteiger partial charge in [-0.15, -0.1) is 24.2 Å². The van der Waals surface area contributed by atoms with Crippen molar-refractivity contribution in [3.63, 3.8) is 0 Å². The molecule has 0 aromatic heterocycles. The van der Waals surface area contributed by atoms with Crippen LogP contribution in [0.25, 0.3) is 0 Å². The zero-order valence-electron chi connectivity index (χ0n) is 13.6. The fourth-order valence-corrected chi connectivity index (χ4v) is 3.17. The maximum absolute atomic E-state index is 12.2. The number of hydrogen-bond acceptors (Lipinski definition) is 4. The normalized spacial score (nSPS) is 17.0. The fourth-order valence-electron chi connectivity index (χ4n) is 2.77. The Balaban J connectivity index is 0.00000264. The first kappa shape index (κ1) is 19.8. The van der Waals surface area contributed by atoms with Crippen molar-refractivity contribution in [1.29, 1.82) is 0 Å². The first-order valence-electron chi connectivity index (χ1n) is 7.62. The van der Waals surface area contributed by atoms with Gasteiger partial charge in [0.25, 0.3) is 0 Å². The van der Waals surface area contributed by atoms with E-state index < -0.39 is 0 Å². The lowest BCUT2D eigenvalue weighted by Crippen LogP contribution is -2.29. The maximum atomic E-state index is 12.2. The molecule has 1 aliphatic rings. The minimum Gasteiger partial charge on any atom is -0.469 e. The second-order valence-electron chi connectivity index (χ2n) is 5.54. The van der Waals surface area contributed by atoms with Crippen LogP contribution >= 0.6 is 24.2 Å². The molecular formula is C17H24ClNO3S. The van der Waals surface area contributed by atoms with Crippen molar-refractivity contribution in [3.05, 3.63) is 29.8 Å². The van der Waals surface area contributed by atoms with E-state index in [-0.39, 0.29) is 36.6 Å². The average Bonchev–Trinajstić information content (AvgIpc) is 2.88. The molecule has 2 rings (SSSR count). The molecule has 1 unspecified atom stereocenters. The summed E-state index contributed by atoms with van der Waals surface area (Å²) in [4.78, 5) is 26.6. The van der Waals surface area contributed by atoms with Gasteiger partial charge in [0.1, 0.15) is 0 Å². The molecule has 0 bridgehead atoms. The number of likely N-dealkylation sites (tertiary alicyclic amines) is 1. The smallest absolute Gasteiger partial charge is 0.306 e. The van der Waals surface area contributed by atoms with E-state index >= 15 is 0 Å². The van der Waals surface area contributed by atoms with Crippen LogP contribution in [-0.4, -0.2) is 43.2 Å². The summed E-state index contributed by atoms with van der Waals surface area (Å²) in [5.41, 5.74) is 1.30. The van der Waals surface area contributed by atoms with Crippen LogP contribution in [0.15, 0.2) is 29.2 Å². The van der Waals surface area contributed by atoms with Crippen LogP contribution in [0.3, 0.4) is 0 Å². The van der Waals surface area contributed by atoms with E-state index in [0.717, 1.165) is 32.4 Å². The van der Waals surface area contributed by atoms with E-state index in [0.29, 0.717) is 0 Å². The van der Waals surface area contributed by atoms with Crippen LogP contribution in [0, 0.1) is 5.92 Å². The highest BCUT2D eigenvalue weighted by atomic mass is 35.5. The van der Waals surface area contributed by atoms with Crippen molar-refractivity contribution in [2.24, 2.45) is 5.92 Å². The van der Waals surface area contributed by atoms with E-state index in [4.69, 9.17) is 0 Å². The molecule has 1 saturated heterocycles. The van der Waals surface area contributed by atoms with Gasteiger partial charge in [-0.05, 0) is 43.2 Å². The van der Waals surface area contributed by atoms with Gasteiger partial charge in [0.15, 0.2) is 0 Å². The second kappa shape index (κ2) is 9.83. The summed E-state index contributed by atoms with van der Waals surface area (Å²) in [5, 5.41) is 0. The minimum atomic E-state index is -0.297. The number of amides is 1. The number of esters is 1. The average molecular weight is 358 g/mol. The SMILES string of the molecule is COC(=O)CC1CCN(CCCc2ccc(SC)cc2)C1=O.Cl. The summed E-state index contributed by atoms with van der Waals surface area (Å²) < 4.78 is 4.64. The zero-order chi connectivity index (χ0) is 15.9. The molecule has 1 fully saturated rings. The number of hydrogen-bond donors (Lipinski definition) is 0.